The van der Waals surface area contributed by atoms with E-state index in [0.717, 1.165) is 0 Å². The summed E-state index contributed by atoms with van der Waals surface area (Å²) in [4.78, 5) is 0. The largest absolute Gasteiger partial charge is 0.355 e. The monoisotopic (exact) mass is 114 g/mol. The molecule has 0 saturated carbocycles. The van der Waals surface area contributed by atoms with Crippen LogP contribution in [0.25, 0.3) is 0 Å². The molecule has 26 valence electrons. The fraction of sp³-hybridized carbons (Fsp3) is 1.00. The van der Waals surface area contributed by atoms with Crippen LogP contribution in [-0.2, 0) is 11.8 Å². The van der Waals surface area contributed by atoms with Gasteiger partial charge < -0.3 is 0 Å². The zero-order chi connectivity index (χ0) is 3.58. The smallest absolute Gasteiger partial charge is 0.0776 e. The minimum atomic E-state index is -0.870. The van der Waals surface area contributed by atoms with Gasteiger partial charge in [-0.3, -0.25) is 0 Å². The summed E-state index contributed by atoms with van der Waals surface area (Å²) in [5, 5.41) is 0. The first kappa shape index (κ1) is 4.95. The van der Waals surface area contributed by atoms with E-state index in [1.165, 1.54) is 0 Å². The number of hydrogen-bond donors (Lipinski definition) is 0. The van der Waals surface area contributed by atoms with E-state index in [-0.39, 0.29) is 7.43 Å². The number of hydrogen-bond acceptors (Lipinski definition) is 1. The predicted octanol–water partition coefficient (Wildman–Crippen LogP) is 1.55. The second-order valence-corrected chi connectivity index (χ2v) is 2.85. The normalized spacial score (nSPS) is 11.2. The van der Waals surface area contributed by atoms with Crippen molar-refractivity contribution in [3.8, 4) is 0 Å². The van der Waals surface area contributed by atoms with Gasteiger partial charge in [-0.15, -0.1) is 0 Å². The van der Waals surface area contributed by atoms with Crippen LogP contribution in [0.3, 0.4) is 0 Å². The van der Waals surface area contributed by atoms with E-state index in [2.05, 4.69) is 20.7 Å². The lowest BCUT2D eigenvalue weighted by Gasteiger charge is -1.08. The van der Waals surface area contributed by atoms with Gasteiger partial charge in [0, 0.05) is 0 Å². The van der Waals surface area contributed by atoms with E-state index in [1.807, 2.05) is 0 Å². The Labute approximate surface area is 37.2 Å². The van der Waals surface area contributed by atoms with Crippen molar-refractivity contribution in [2.45, 2.75) is 7.43 Å². The molecular weight excluding hydrogens is 106 g/mol. The molecule has 0 amide bonds. The van der Waals surface area contributed by atoms with Crippen LogP contribution in [0.4, 0.5) is 0 Å². The molecule has 3 heteroatoms. The molecule has 0 bridgehead atoms. The summed E-state index contributed by atoms with van der Waals surface area (Å²) >= 11 is 4.31. The lowest BCUT2D eigenvalue weighted by Crippen LogP contribution is -0.621. The summed E-state index contributed by atoms with van der Waals surface area (Å²) in [5.41, 5.74) is 0. The van der Waals surface area contributed by atoms with E-state index >= 15 is 0 Å². The fourth-order valence-electron chi connectivity index (χ4n) is 0. The third-order valence-corrected chi connectivity index (χ3v) is 0. The van der Waals surface area contributed by atoms with Crippen molar-refractivity contribution in [3.63, 3.8) is 0 Å². The van der Waals surface area contributed by atoms with Gasteiger partial charge in [-0.25, -0.2) is 0 Å². The minimum Gasteiger partial charge on any atom is -0.0776 e. The molecule has 0 nitrogen and oxygen atoms in total. The molecule has 2 atom stereocenters. The maximum Gasteiger partial charge on any atom is 0.355 e. The van der Waals surface area contributed by atoms with Gasteiger partial charge in [-0.1, -0.05) is 7.43 Å². The average molecular weight is 114 g/mol. The lowest BCUT2D eigenvalue weighted by atomic mass is 12.0. The molecule has 2 unspecified atom stereocenters. The molecule has 0 aliphatic rings. The van der Waals surface area contributed by atoms with Gasteiger partial charge in [0.25, 0.3) is 0 Å². The summed E-state index contributed by atoms with van der Waals surface area (Å²) in [6.07, 6.45) is 0. The summed E-state index contributed by atoms with van der Waals surface area (Å²) in [7, 11) is 2.20. The van der Waals surface area contributed by atoms with Crippen LogP contribution >= 0.6 is 15.9 Å². The van der Waals surface area contributed by atoms with E-state index in [0.29, 0.717) is 0 Å². The van der Waals surface area contributed by atoms with Crippen molar-refractivity contribution >= 4 is 27.7 Å². The summed E-state index contributed by atoms with van der Waals surface area (Å²) in [5.74, 6) is 0. The molecule has 0 aliphatic carbocycles. The molecule has 4 heavy (non-hydrogen) atoms. The molecule has 0 heterocycles. The molecule has 0 N–H and O–H groups in total. The Morgan fingerprint density at radius 2 is 2.25 bits per heavy atom. The van der Waals surface area contributed by atoms with Crippen LogP contribution in [0.15, 0.2) is 0 Å². The van der Waals surface area contributed by atoms with Crippen LogP contribution < -0.4 is 0 Å². The second kappa shape index (κ2) is 9.04. The van der Waals surface area contributed by atoms with Gasteiger partial charge in [-0.05, 0) is 0 Å². The SMILES string of the molecule is C.[2H][P+](P)=S. The first-order valence-electron chi connectivity index (χ1n) is 0.888. The van der Waals surface area contributed by atoms with Gasteiger partial charge in [0.2, 0.25) is 0 Å². The molecule has 0 spiro atoms. The van der Waals surface area contributed by atoms with E-state index in [1.54, 1.807) is 0 Å². The highest BCUT2D eigenvalue weighted by molar-refractivity contribution is 8.24. The zero-order valence-electron chi connectivity index (χ0n) is 2.43. The van der Waals surface area contributed by atoms with Crippen LogP contribution in [-0.4, -0.2) is 1.28 Å². The molecule has 0 aromatic rings. The first-order chi connectivity index (χ1) is 1.73. The quantitative estimate of drug-likeness (QED) is 0.430. The van der Waals surface area contributed by atoms with Crippen LogP contribution in [0.1, 0.15) is 7.43 Å². The van der Waals surface area contributed by atoms with Crippen molar-refractivity contribution in [2.75, 3.05) is 0 Å². The fourth-order valence-corrected chi connectivity index (χ4v) is 0. The molecule has 0 aromatic heterocycles. The van der Waals surface area contributed by atoms with Crippen LogP contribution in [0.5, 0.6) is 0 Å². The summed E-state index contributed by atoms with van der Waals surface area (Å²) in [6.45, 7) is -0.870. The van der Waals surface area contributed by atoms with Gasteiger partial charge >= 0.3 is 1.28 Å². The Hall–Kier alpha value is 0.950. The standard InChI is InChI=1S/CH4.H2P2S/c;1-2-3/h1H4;1H2/p+1/i/hD. The lowest BCUT2D eigenvalue weighted by molar-refractivity contribution is 2.50. The summed E-state index contributed by atoms with van der Waals surface area (Å²) in [6, 6.07) is 0. The molecule has 0 rings (SSSR count). The molecular formula is CH7P2S+. The van der Waals surface area contributed by atoms with E-state index < -0.39 is 6.99 Å². The van der Waals surface area contributed by atoms with Crippen molar-refractivity contribution < 1.29 is 0 Å². The topological polar surface area (TPSA) is 0 Å². The Balaban J connectivity index is 0. The third kappa shape index (κ3) is 12.4. The maximum atomic E-state index is 6.43. The highest BCUT2D eigenvalue weighted by atomic mass is 32.6. The van der Waals surface area contributed by atoms with Gasteiger partial charge in [-0.2, -0.15) is 0 Å². The van der Waals surface area contributed by atoms with E-state index in [9.17, 15) is 0 Å². The van der Waals surface area contributed by atoms with Gasteiger partial charge in [0.1, 0.15) is 0 Å². The molecule has 0 aromatic carbocycles. The first-order valence-corrected chi connectivity index (χ1v) is 3.97. The Bertz CT molecular complexity index is 32.6. The summed E-state index contributed by atoms with van der Waals surface area (Å²) < 4.78 is 6.43. The Morgan fingerprint density at radius 3 is 2.25 bits per heavy atom. The number of rotatable bonds is 0. The predicted molar refractivity (Wildman–Crippen MR) is 32.1 cm³/mol. The van der Waals surface area contributed by atoms with Crippen molar-refractivity contribution in [3.05, 3.63) is 0 Å². The third-order valence-electron chi connectivity index (χ3n) is 0. The maximum absolute atomic E-state index is 6.43. The molecule has 0 fully saturated rings. The Morgan fingerprint density at radius 1 is 2.25 bits per heavy atom. The van der Waals surface area contributed by atoms with E-state index in [4.69, 9.17) is 1.28 Å². The zero-order valence-corrected chi connectivity index (χ0v) is 4.30. The van der Waals surface area contributed by atoms with Crippen LogP contribution in [0.2, 0.25) is 0 Å². The highest BCUT2D eigenvalue weighted by Crippen LogP contribution is 1.99. The molecule has 0 saturated heterocycles. The Kier molecular flexibility index (Phi) is 11.2. The minimum absolute atomic E-state index is 0. The highest BCUT2D eigenvalue weighted by Gasteiger charge is 1.37. The van der Waals surface area contributed by atoms with Crippen molar-refractivity contribution in [1.82, 2.24) is 0 Å². The van der Waals surface area contributed by atoms with Crippen molar-refractivity contribution in [2.24, 2.45) is 0 Å². The van der Waals surface area contributed by atoms with Crippen molar-refractivity contribution in [1.29, 1.82) is 1.28 Å². The second-order valence-electron chi connectivity index (χ2n) is 0.105. The van der Waals surface area contributed by atoms with Crippen LogP contribution in [0, 0.1) is 0 Å². The van der Waals surface area contributed by atoms with Gasteiger partial charge in [0.15, 0.2) is 18.8 Å². The molecule has 0 radical (unpaired) electrons. The van der Waals surface area contributed by atoms with Gasteiger partial charge in [0.05, 0.1) is 8.93 Å². The molecule has 0 aliphatic heterocycles. The average Bonchev–Trinajstić information content (AvgIpc) is 0.811.